The monoisotopic (exact) mass is 440 g/mol. The van der Waals surface area contributed by atoms with Crippen LogP contribution in [0.2, 0.25) is 0 Å². The second kappa shape index (κ2) is 10.7. The second-order valence-corrected chi connectivity index (χ2v) is 7.54. The van der Waals surface area contributed by atoms with Crippen LogP contribution in [-0.2, 0) is 22.7 Å². The number of hydrogen-bond donors (Lipinski definition) is 1. The van der Waals surface area contributed by atoms with Crippen molar-refractivity contribution < 1.29 is 19.2 Å². The molecule has 170 valence electrons. The lowest BCUT2D eigenvalue weighted by atomic mass is 10.1. The third kappa shape index (κ3) is 5.61. The van der Waals surface area contributed by atoms with Crippen LogP contribution < -0.4 is 10.2 Å². The first-order valence-corrected chi connectivity index (χ1v) is 10.6. The first kappa shape index (κ1) is 23.2. The van der Waals surface area contributed by atoms with Gasteiger partial charge in [0.2, 0.25) is 5.91 Å². The number of benzene rings is 2. The van der Waals surface area contributed by atoms with Crippen LogP contribution in [0.1, 0.15) is 35.3 Å². The van der Waals surface area contributed by atoms with Gasteiger partial charge in [-0.15, -0.1) is 0 Å². The maximum Gasteiger partial charge on any atom is 0.293 e. The smallest absolute Gasteiger partial charge is 0.293 e. The van der Waals surface area contributed by atoms with E-state index in [1.54, 1.807) is 17.0 Å². The molecule has 0 atom stereocenters. The summed E-state index contributed by atoms with van der Waals surface area (Å²) in [5.41, 5.74) is 2.48. The standard InChI is InChI=1S/C23H28N4O5/c1-3-32-16-20-7-5-4-6-19(20)15-24-23(29)18-8-9-21(22(14-18)27(30)31)26-12-10-25(11-13-26)17(2)28/h4-9,14H,3,10-13,15-16H2,1-2H3,(H,24,29). The highest BCUT2D eigenvalue weighted by Crippen LogP contribution is 2.30. The first-order valence-electron chi connectivity index (χ1n) is 10.6. The van der Waals surface area contributed by atoms with Gasteiger partial charge in [0, 0.05) is 57.9 Å². The Morgan fingerprint density at radius 2 is 1.78 bits per heavy atom. The third-order valence-electron chi connectivity index (χ3n) is 5.52. The van der Waals surface area contributed by atoms with E-state index in [-0.39, 0.29) is 23.1 Å². The van der Waals surface area contributed by atoms with Crippen LogP contribution in [0.5, 0.6) is 0 Å². The SMILES string of the molecule is CCOCc1ccccc1CNC(=O)c1ccc(N2CCN(C(C)=O)CC2)c([N+](=O)[O-])c1. The zero-order valence-corrected chi connectivity index (χ0v) is 18.4. The van der Waals surface area contributed by atoms with Gasteiger partial charge in [-0.05, 0) is 30.2 Å². The van der Waals surface area contributed by atoms with Crippen LogP contribution in [0.25, 0.3) is 0 Å². The van der Waals surface area contributed by atoms with E-state index in [0.717, 1.165) is 11.1 Å². The van der Waals surface area contributed by atoms with E-state index in [2.05, 4.69) is 5.32 Å². The topological polar surface area (TPSA) is 105 Å². The zero-order chi connectivity index (χ0) is 23.1. The second-order valence-electron chi connectivity index (χ2n) is 7.54. The average Bonchev–Trinajstić information content (AvgIpc) is 2.81. The molecule has 0 bridgehead atoms. The summed E-state index contributed by atoms with van der Waals surface area (Å²) in [4.78, 5) is 39.1. The van der Waals surface area contributed by atoms with Crippen molar-refractivity contribution in [3.63, 3.8) is 0 Å². The summed E-state index contributed by atoms with van der Waals surface area (Å²) >= 11 is 0. The van der Waals surface area contributed by atoms with Crippen LogP contribution >= 0.6 is 0 Å². The van der Waals surface area contributed by atoms with Gasteiger partial charge < -0.3 is 19.9 Å². The fraction of sp³-hybridized carbons (Fsp3) is 0.391. The van der Waals surface area contributed by atoms with Gasteiger partial charge in [-0.25, -0.2) is 0 Å². The average molecular weight is 441 g/mol. The molecule has 1 heterocycles. The molecule has 2 amide bonds. The molecule has 9 heteroatoms. The quantitative estimate of drug-likeness (QED) is 0.500. The first-order chi connectivity index (χ1) is 15.4. The van der Waals surface area contributed by atoms with Gasteiger partial charge in [0.15, 0.2) is 0 Å². The molecule has 1 saturated heterocycles. The molecule has 0 saturated carbocycles. The lowest BCUT2D eigenvalue weighted by molar-refractivity contribution is -0.384. The van der Waals surface area contributed by atoms with Gasteiger partial charge in [-0.1, -0.05) is 24.3 Å². The Kier molecular flexibility index (Phi) is 7.77. The van der Waals surface area contributed by atoms with Crippen LogP contribution in [0.3, 0.4) is 0 Å². The summed E-state index contributed by atoms with van der Waals surface area (Å²) in [6, 6.07) is 12.2. The number of carbonyl (C=O) groups is 2. The molecule has 0 aliphatic carbocycles. The summed E-state index contributed by atoms with van der Waals surface area (Å²) < 4.78 is 5.47. The maximum absolute atomic E-state index is 12.7. The van der Waals surface area contributed by atoms with Gasteiger partial charge in [0.1, 0.15) is 5.69 Å². The van der Waals surface area contributed by atoms with Crippen molar-refractivity contribution in [2.75, 3.05) is 37.7 Å². The van der Waals surface area contributed by atoms with Crippen molar-refractivity contribution in [2.45, 2.75) is 27.0 Å². The molecule has 2 aromatic carbocycles. The highest BCUT2D eigenvalue weighted by atomic mass is 16.6. The van der Waals surface area contributed by atoms with Gasteiger partial charge in [0.25, 0.3) is 11.6 Å². The van der Waals surface area contributed by atoms with Gasteiger partial charge >= 0.3 is 0 Å². The molecule has 3 rings (SSSR count). The molecule has 0 unspecified atom stereocenters. The van der Waals surface area contributed by atoms with E-state index in [4.69, 9.17) is 4.74 Å². The Balaban J connectivity index is 1.71. The van der Waals surface area contributed by atoms with Gasteiger partial charge in [-0.3, -0.25) is 19.7 Å². The molecule has 9 nitrogen and oxygen atoms in total. The summed E-state index contributed by atoms with van der Waals surface area (Å²) in [6.07, 6.45) is 0. The molecule has 1 aliphatic rings. The van der Waals surface area contributed by atoms with E-state index in [1.165, 1.54) is 13.0 Å². The van der Waals surface area contributed by atoms with E-state index in [0.29, 0.717) is 51.6 Å². The van der Waals surface area contributed by atoms with Crippen molar-refractivity contribution in [3.05, 3.63) is 69.3 Å². The number of nitro benzene ring substituents is 1. The predicted octanol–water partition coefficient (Wildman–Crippen LogP) is 2.73. The van der Waals surface area contributed by atoms with E-state index < -0.39 is 4.92 Å². The fourth-order valence-corrected chi connectivity index (χ4v) is 3.70. The molecule has 0 radical (unpaired) electrons. The molecule has 1 fully saturated rings. The Morgan fingerprint density at radius 3 is 2.41 bits per heavy atom. The number of piperazine rings is 1. The highest BCUT2D eigenvalue weighted by Gasteiger charge is 2.25. The number of anilines is 1. The summed E-state index contributed by atoms with van der Waals surface area (Å²) in [6.45, 7) is 6.81. The largest absolute Gasteiger partial charge is 0.377 e. The van der Waals surface area contributed by atoms with Crippen LogP contribution in [0, 0.1) is 10.1 Å². The predicted molar refractivity (Wildman–Crippen MR) is 121 cm³/mol. The van der Waals surface area contributed by atoms with Crippen LogP contribution in [0.15, 0.2) is 42.5 Å². The molecular formula is C23H28N4O5. The number of nitro groups is 1. The number of nitrogens with one attached hydrogen (secondary N) is 1. The number of carbonyl (C=O) groups excluding carboxylic acids is 2. The van der Waals surface area contributed by atoms with Crippen molar-refractivity contribution in [1.29, 1.82) is 0 Å². The molecule has 0 aromatic heterocycles. The summed E-state index contributed by atoms with van der Waals surface area (Å²) in [7, 11) is 0. The Labute approximate surface area is 187 Å². The molecular weight excluding hydrogens is 412 g/mol. The van der Waals surface area contributed by atoms with Crippen LogP contribution in [0.4, 0.5) is 11.4 Å². The number of rotatable bonds is 8. The number of amides is 2. The molecule has 1 N–H and O–H groups in total. The Hall–Kier alpha value is -3.46. The minimum atomic E-state index is -0.471. The fourth-order valence-electron chi connectivity index (χ4n) is 3.70. The van der Waals surface area contributed by atoms with Crippen LogP contribution in [-0.4, -0.2) is 54.4 Å². The molecule has 0 spiro atoms. The van der Waals surface area contributed by atoms with Gasteiger partial charge in [0.05, 0.1) is 11.5 Å². The van der Waals surface area contributed by atoms with E-state index in [1.807, 2.05) is 36.1 Å². The number of hydrogen-bond acceptors (Lipinski definition) is 6. The molecule has 1 aliphatic heterocycles. The molecule has 2 aromatic rings. The Morgan fingerprint density at radius 1 is 1.09 bits per heavy atom. The highest BCUT2D eigenvalue weighted by molar-refractivity contribution is 5.95. The third-order valence-corrected chi connectivity index (χ3v) is 5.52. The van der Waals surface area contributed by atoms with Crippen molar-refractivity contribution >= 4 is 23.2 Å². The minimum Gasteiger partial charge on any atom is -0.377 e. The normalized spacial score (nSPS) is 13.7. The number of ether oxygens (including phenoxy) is 1. The molecule has 32 heavy (non-hydrogen) atoms. The lowest BCUT2D eigenvalue weighted by Gasteiger charge is -2.35. The van der Waals surface area contributed by atoms with Gasteiger partial charge in [-0.2, -0.15) is 0 Å². The van der Waals surface area contributed by atoms with E-state index >= 15 is 0 Å². The van der Waals surface area contributed by atoms with Crippen molar-refractivity contribution in [3.8, 4) is 0 Å². The lowest BCUT2D eigenvalue weighted by Crippen LogP contribution is -2.48. The Bertz CT molecular complexity index is 986. The summed E-state index contributed by atoms with van der Waals surface area (Å²) in [5, 5.41) is 14.5. The van der Waals surface area contributed by atoms with Crippen molar-refractivity contribution in [2.24, 2.45) is 0 Å². The maximum atomic E-state index is 12.7. The van der Waals surface area contributed by atoms with Crippen molar-refractivity contribution in [1.82, 2.24) is 10.2 Å². The number of nitrogens with zero attached hydrogens (tertiary/aromatic N) is 3. The summed E-state index contributed by atoms with van der Waals surface area (Å²) in [5.74, 6) is -0.388. The van der Waals surface area contributed by atoms with E-state index in [9.17, 15) is 19.7 Å². The zero-order valence-electron chi connectivity index (χ0n) is 18.4. The minimum absolute atomic E-state index is 0.00556.